The molecule has 1 aliphatic rings. The summed E-state index contributed by atoms with van der Waals surface area (Å²) in [6.45, 7) is 0. The second-order valence-electron chi connectivity index (χ2n) is 6.29. The van der Waals surface area contributed by atoms with Crippen LogP contribution in [0.15, 0.2) is 60.2 Å². The highest BCUT2D eigenvalue weighted by Gasteiger charge is 2.26. The van der Waals surface area contributed by atoms with Gasteiger partial charge in [0, 0.05) is 16.7 Å². The van der Waals surface area contributed by atoms with E-state index in [2.05, 4.69) is 5.32 Å². The Kier molecular flexibility index (Phi) is 5.29. The number of carbonyl (C=O) groups excluding carboxylic acids is 2. The van der Waals surface area contributed by atoms with Crippen molar-refractivity contribution in [2.45, 2.75) is 25.7 Å². The molecule has 4 nitrogen and oxygen atoms in total. The predicted molar refractivity (Wildman–Crippen MR) is 97.0 cm³/mol. The van der Waals surface area contributed by atoms with Gasteiger partial charge in [-0.25, -0.2) is 0 Å². The van der Waals surface area contributed by atoms with Gasteiger partial charge in [0.05, 0.1) is 0 Å². The highest BCUT2D eigenvalue weighted by Crippen LogP contribution is 2.33. The van der Waals surface area contributed by atoms with Gasteiger partial charge < -0.3 is 5.11 Å². The summed E-state index contributed by atoms with van der Waals surface area (Å²) in [6.07, 6.45) is 5.70. The number of aromatic hydroxyl groups is 1. The van der Waals surface area contributed by atoms with E-state index < -0.39 is 5.91 Å². The predicted octanol–water partition coefficient (Wildman–Crippen LogP) is 3.92. The van der Waals surface area contributed by atoms with E-state index in [0.717, 1.165) is 25.7 Å². The summed E-state index contributed by atoms with van der Waals surface area (Å²) < 4.78 is 0. The molecule has 0 atom stereocenters. The van der Waals surface area contributed by atoms with Gasteiger partial charge in [0.1, 0.15) is 5.75 Å². The van der Waals surface area contributed by atoms with Crippen molar-refractivity contribution in [2.24, 2.45) is 5.92 Å². The van der Waals surface area contributed by atoms with Gasteiger partial charge in [-0.15, -0.1) is 0 Å². The summed E-state index contributed by atoms with van der Waals surface area (Å²) in [6, 6.07) is 15.6. The van der Waals surface area contributed by atoms with Crippen molar-refractivity contribution >= 4 is 17.9 Å². The highest BCUT2D eigenvalue weighted by molar-refractivity contribution is 6.11. The molecule has 25 heavy (non-hydrogen) atoms. The van der Waals surface area contributed by atoms with E-state index in [9.17, 15) is 14.7 Å². The number of hydrogen-bond acceptors (Lipinski definition) is 3. The van der Waals surface area contributed by atoms with E-state index in [1.54, 1.807) is 48.5 Å². The summed E-state index contributed by atoms with van der Waals surface area (Å²) in [5, 5.41) is 12.5. The first-order chi connectivity index (χ1) is 12.1. The Morgan fingerprint density at radius 2 is 1.60 bits per heavy atom. The lowest BCUT2D eigenvalue weighted by molar-refractivity contribution is -0.117. The molecule has 0 heterocycles. The molecule has 1 fully saturated rings. The van der Waals surface area contributed by atoms with Crippen molar-refractivity contribution in [3.8, 4) is 5.75 Å². The maximum absolute atomic E-state index is 12.7. The van der Waals surface area contributed by atoms with Crippen LogP contribution in [-0.4, -0.2) is 16.9 Å². The SMILES string of the molecule is O=C(NC(=O)c1ccccc1)/C(=C\c1ccccc1O)C1CCCC1. The first-order valence-electron chi connectivity index (χ1n) is 8.55. The molecular weight excluding hydrogens is 314 g/mol. The summed E-state index contributed by atoms with van der Waals surface area (Å²) in [5.74, 6) is -0.556. The zero-order valence-electron chi connectivity index (χ0n) is 13.9. The molecule has 0 aromatic heterocycles. The molecule has 0 spiro atoms. The molecule has 2 N–H and O–H groups in total. The average molecular weight is 335 g/mol. The van der Waals surface area contributed by atoms with Crippen molar-refractivity contribution in [3.63, 3.8) is 0 Å². The monoisotopic (exact) mass is 335 g/mol. The quantitative estimate of drug-likeness (QED) is 0.832. The van der Waals surface area contributed by atoms with Gasteiger partial charge in [0.15, 0.2) is 0 Å². The first kappa shape index (κ1) is 17.0. The van der Waals surface area contributed by atoms with Gasteiger partial charge in [-0.1, -0.05) is 49.2 Å². The van der Waals surface area contributed by atoms with Gasteiger partial charge in [-0.2, -0.15) is 0 Å². The molecule has 0 bridgehead atoms. The maximum atomic E-state index is 12.7. The molecule has 1 saturated carbocycles. The fourth-order valence-electron chi connectivity index (χ4n) is 3.22. The zero-order valence-corrected chi connectivity index (χ0v) is 13.9. The maximum Gasteiger partial charge on any atom is 0.258 e. The number of rotatable bonds is 4. The van der Waals surface area contributed by atoms with E-state index >= 15 is 0 Å². The second kappa shape index (κ2) is 7.79. The third-order valence-electron chi connectivity index (χ3n) is 4.57. The molecule has 0 unspecified atom stereocenters. The van der Waals surface area contributed by atoms with Crippen LogP contribution in [0.4, 0.5) is 0 Å². The summed E-state index contributed by atoms with van der Waals surface area (Å²) >= 11 is 0. The normalized spacial score (nSPS) is 15.1. The van der Waals surface area contributed by atoms with Crippen molar-refractivity contribution < 1.29 is 14.7 Å². The van der Waals surface area contributed by atoms with Crippen LogP contribution >= 0.6 is 0 Å². The van der Waals surface area contributed by atoms with Gasteiger partial charge >= 0.3 is 0 Å². The molecule has 2 aromatic carbocycles. The van der Waals surface area contributed by atoms with E-state index in [1.165, 1.54) is 0 Å². The molecule has 4 heteroatoms. The number of hydrogen-bond donors (Lipinski definition) is 2. The smallest absolute Gasteiger partial charge is 0.258 e. The van der Waals surface area contributed by atoms with E-state index in [0.29, 0.717) is 16.7 Å². The number of phenols is 1. The van der Waals surface area contributed by atoms with Crippen molar-refractivity contribution in [3.05, 3.63) is 71.3 Å². The number of carbonyl (C=O) groups is 2. The first-order valence-corrected chi connectivity index (χ1v) is 8.55. The van der Waals surface area contributed by atoms with Crippen LogP contribution in [0.25, 0.3) is 6.08 Å². The molecule has 3 rings (SSSR count). The summed E-state index contributed by atoms with van der Waals surface area (Å²) in [4.78, 5) is 25.0. The average Bonchev–Trinajstić information content (AvgIpc) is 3.16. The number of amides is 2. The van der Waals surface area contributed by atoms with Gasteiger partial charge in [-0.05, 0) is 43.0 Å². The molecule has 1 aliphatic carbocycles. The molecule has 2 amide bonds. The minimum Gasteiger partial charge on any atom is -0.507 e. The van der Waals surface area contributed by atoms with Crippen LogP contribution in [0.1, 0.15) is 41.6 Å². The van der Waals surface area contributed by atoms with Gasteiger partial charge in [0.25, 0.3) is 11.8 Å². The molecule has 0 radical (unpaired) electrons. The number of para-hydroxylation sites is 1. The van der Waals surface area contributed by atoms with Crippen LogP contribution in [0.2, 0.25) is 0 Å². The molecule has 128 valence electrons. The number of benzene rings is 2. The number of phenolic OH excluding ortho intramolecular Hbond substituents is 1. The summed E-state index contributed by atoms with van der Waals surface area (Å²) in [5.41, 5.74) is 1.60. The standard InChI is InChI=1S/C21H21NO3/c23-19-13-7-6-12-17(19)14-18(15-8-4-5-9-15)21(25)22-20(24)16-10-2-1-3-11-16/h1-3,6-7,10-15,23H,4-5,8-9H2,(H,22,24,25)/b18-14-. The lowest BCUT2D eigenvalue weighted by atomic mass is 9.94. The Labute approximate surface area is 147 Å². The lowest BCUT2D eigenvalue weighted by Gasteiger charge is -2.15. The van der Waals surface area contributed by atoms with Crippen LogP contribution in [0, 0.1) is 5.92 Å². The third kappa shape index (κ3) is 4.15. The van der Waals surface area contributed by atoms with Crippen LogP contribution in [-0.2, 0) is 4.79 Å². The van der Waals surface area contributed by atoms with Crippen LogP contribution < -0.4 is 5.32 Å². The third-order valence-corrected chi connectivity index (χ3v) is 4.57. The minimum absolute atomic E-state index is 0.114. The fraction of sp³-hybridized carbons (Fsp3) is 0.238. The topological polar surface area (TPSA) is 66.4 Å². The zero-order chi connectivity index (χ0) is 17.6. The number of imide groups is 1. The second-order valence-corrected chi connectivity index (χ2v) is 6.29. The van der Waals surface area contributed by atoms with Crippen molar-refractivity contribution in [2.75, 3.05) is 0 Å². The van der Waals surface area contributed by atoms with Crippen molar-refractivity contribution in [1.82, 2.24) is 5.32 Å². The Bertz CT molecular complexity index is 790. The van der Waals surface area contributed by atoms with Crippen LogP contribution in [0.5, 0.6) is 5.75 Å². The van der Waals surface area contributed by atoms with Crippen molar-refractivity contribution in [1.29, 1.82) is 0 Å². The number of nitrogens with one attached hydrogen (secondary N) is 1. The van der Waals surface area contributed by atoms with E-state index in [-0.39, 0.29) is 17.6 Å². The van der Waals surface area contributed by atoms with Crippen LogP contribution in [0.3, 0.4) is 0 Å². The van der Waals surface area contributed by atoms with E-state index in [4.69, 9.17) is 0 Å². The van der Waals surface area contributed by atoms with Gasteiger partial charge in [-0.3, -0.25) is 14.9 Å². The Morgan fingerprint density at radius 1 is 0.960 bits per heavy atom. The van der Waals surface area contributed by atoms with E-state index in [1.807, 2.05) is 12.1 Å². The molecular formula is C21H21NO3. The highest BCUT2D eigenvalue weighted by atomic mass is 16.3. The van der Waals surface area contributed by atoms with Gasteiger partial charge in [0.2, 0.25) is 0 Å². The largest absolute Gasteiger partial charge is 0.507 e. The Morgan fingerprint density at radius 3 is 2.28 bits per heavy atom. The lowest BCUT2D eigenvalue weighted by Crippen LogP contribution is -2.33. The molecule has 0 saturated heterocycles. The summed E-state index contributed by atoms with van der Waals surface area (Å²) in [7, 11) is 0. The Hall–Kier alpha value is -2.88. The fourth-order valence-corrected chi connectivity index (χ4v) is 3.22. The molecule has 2 aromatic rings. The minimum atomic E-state index is -0.410. The Balaban J connectivity index is 1.85. The molecule has 0 aliphatic heterocycles.